The molecule has 1 fully saturated rings. The van der Waals surface area contributed by atoms with Crippen molar-refractivity contribution in [1.29, 1.82) is 0 Å². The van der Waals surface area contributed by atoms with Crippen LogP contribution in [0, 0.1) is 5.41 Å². The Morgan fingerprint density at radius 3 is 1.17 bits per heavy atom. The molecular weight excluding hydrogens is 1430 g/mol. The first-order chi connectivity index (χ1) is 53.1. The molecule has 1 saturated heterocycles. The molecule has 5 aromatic carbocycles. The molecule has 0 aliphatic carbocycles. The van der Waals surface area contributed by atoms with Gasteiger partial charge in [-0.05, 0) is 62.1 Å². The highest BCUT2D eigenvalue weighted by molar-refractivity contribution is 6.26. The second-order valence-electron chi connectivity index (χ2n) is 26.5. The second kappa shape index (κ2) is 45.6. The average Bonchev–Trinajstić information content (AvgIpc) is 0.736. The molecule has 0 saturated carbocycles. The fourth-order valence-corrected chi connectivity index (χ4v) is 12.4. The van der Waals surface area contributed by atoms with Crippen molar-refractivity contribution in [2.24, 2.45) is 5.41 Å². The Bertz CT molecular complexity index is 3580. The summed E-state index contributed by atoms with van der Waals surface area (Å²) in [4.78, 5) is 166. The molecule has 7 rings (SSSR count). The fourth-order valence-electron chi connectivity index (χ4n) is 12.4. The van der Waals surface area contributed by atoms with Crippen LogP contribution >= 0.6 is 0 Å². The van der Waals surface area contributed by atoms with E-state index in [0.29, 0.717) is 87.5 Å². The first-order valence-electron chi connectivity index (χ1n) is 37.3. The summed E-state index contributed by atoms with van der Waals surface area (Å²) in [5.41, 5.74) is 2.22. The number of carbonyl (C=O) groups is 12. The maximum Gasteiger partial charge on any atom is 0.307 e. The van der Waals surface area contributed by atoms with Gasteiger partial charge < -0.3 is 58.9 Å². The van der Waals surface area contributed by atoms with Gasteiger partial charge in [0.15, 0.2) is 0 Å². The SMILES string of the molecule is CCCCN1C(=O)c2cccc3c(N4CCN(C(=O)CCOCC(COCCC(=O)NC(Cc5ccccc5)C(=O)N(O)CCC(=O)OCC)(COCCC(=O)NC(Cc5ccccc5)C(=O)N(O)CCC(=O)OCC)COCCC(=O)NC(Cc5ccccc5)C(=O)N(O)CCC(=O)OCC)CC4)ccc(c23)C1=O. The minimum atomic E-state index is -1.41. The lowest BCUT2D eigenvalue weighted by Crippen LogP contribution is -2.49. The minimum absolute atomic E-state index is 0.0479. The summed E-state index contributed by atoms with van der Waals surface area (Å²) in [5.74, 6) is -7.62. The standard InChI is InChI=1S/C79H103N9O22/c1-5-9-37-85-74(96)60-27-19-26-59-65(29-28-61(73(59)60)75(85)97)83-41-43-84(44-42-83)69(92)36-48-107-55-79(52-104-45-33-66(89)80-62(49-56-20-13-10-14-21-56)76(98)86(101)38-30-70(93)108-6-2,53-105-46-34-67(90)81-63(50-57-22-15-11-16-23-57)77(99)87(102)39-31-71(94)109-7-3)54-106-47-35-68(91)82-64(51-58-24-17-12-18-25-58)78(100)88(103)40-32-72(95)110-8-4/h10-29,62-64,101-103H,5-9,30-55H2,1-4H3,(H,80,89)(H,81,90)(H,82,91). The number of ether oxygens (including phenoxy) is 7. The third kappa shape index (κ3) is 27.4. The van der Waals surface area contributed by atoms with Crippen molar-refractivity contribution in [3.8, 4) is 0 Å². The van der Waals surface area contributed by atoms with Crippen LogP contribution in [0.5, 0.6) is 0 Å². The molecule has 2 heterocycles. The summed E-state index contributed by atoms with van der Waals surface area (Å²) in [6.07, 6.45) is -0.819. The summed E-state index contributed by atoms with van der Waals surface area (Å²) in [5, 5.41) is 42.9. The van der Waals surface area contributed by atoms with E-state index in [0.717, 1.165) is 17.5 Å². The van der Waals surface area contributed by atoms with E-state index in [1.165, 1.54) is 4.90 Å². The molecule has 3 unspecified atom stereocenters. The highest BCUT2D eigenvalue weighted by atomic mass is 16.6. The molecule has 6 N–H and O–H groups in total. The van der Waals surface area contributed by atoms with Crippen LogP contribution in [0.1, 0.15) is 123 Å². The van der Waals surface area contributed by atoms with Crippen molar-refractivity contribution in [2.75, 3.05) is 130 Å². The molecule has 3 atom stereocenters. The molecule has 596 valence electrons. The highest BCUT2D eigenvalue weighted by Crippen LogP contribution is 2.37. The largest absolute Gasteiger partial charge is 0.466 e. The van der Waals surface area contributed by atoms with Crippen LogP contribution in [0.25, 0.3) is 10.8 Å². The van der Waals surface area contributed by atoms with Crippen LogP contribution in [0.4, 0.5) is 5.69 Å². The number of rotatable bonds is 48. The number of esters is 3. The van der Waals surface area contributed by atoms with Crippen LogP contribution in [0.3, 0.4) is 0 Å². The van der Waals surface area contributed by atoms with Crippen LogP contribution < -0.4 is 20.9 Å². The number of imide groups is 1. The molecule has 2 aliphatic heterocycles. The second-order valence-corrected chi connectivity index (χ2v) is 26.5. The molecule has 0 radical (unpaired) electrons. The van der Waals surface area contributed by atoms with Gasteiger partial charge in [-0.2, -0.15) is 0 Å². The van der Waals surface area contributed by atoms with E-state index in [4.69, 9.17) is 33.2 Å². The average molecular weight is 1530 g/mol. The van der Waals surface area contributed by atoms with Gasteiger partial charge in [-0.15, -0.1) is 0 Å². The lowest BCUT2D eigenvalue weighted by Gasteiger charge is -2.37. The highest BCUT2D eigenvalue weighted by Gasteiger charge is 2.37. The molecule has 0 spiro atoms. The first-order valence-corrected chi connectivity index (χ1v) is 37.3. The number of nitrogens with one attached hydrogen (secondary N) is 3. The van der Waals surface area contributed by atoms with E-state index in [1.807, 2.05) is 19.1 Å². The van der Waals surface area contributed by atoms with Gasteiger partial charge in [0.25, 0.3) is 29.5 Å². The summed E-state index contributed by atoms with van der Waals surface area (Å²) in [6.45, 7) is 5.23. The van der Waals surface area contributed by atoms with Gasteiger partial charge in [-0.1, -0.05) is 116 Å². The van der Waals surface area contributed by atoms with E-state index in [2.05, 4.69) is 20.9 Å². The predicted octanol–water partition coefficient (Wildman–Crippen LogP) is 5.19. The maximum absolute atomic E-state index is 14.1. The van der Waals surface area contributed by atoms with Crippen molar-refractivity contribution < 1.29 is 106 Å². The van der Waals surface area contributed by atoms with Crippen LogP contribution in [-0.2, 0) is 100 Å². The van der Waals surface area contributed by atoms with Gasteiger partial charge in [0.05, 0.1) is 123 Å². The van der Waals surface area contributed by atoms with E-state index >= 15 is 0 Å². The quantitative estimate of drug-likeness (QED) is 0.00728. The van der Waals surface area contributed by atoms with E-state index in [9.17, 15) is 73.2 Å². The van der Waals surface area contributed by atoms with Crippen LogP contribution in [-0.4, -0.2) is 255 Å². The minimum Gasteiger partial charge on any atom is -0.466 e. The topological polar surface area (TPSA) is 386 Å². The number of unbranched alkanes of at least 4 members (excludes halogenated alkanes) is 1. The van der Waals surface area contributed by atoms with Crippen LogP contribution in [0.15, 0.2) is 121 Å². The Morgan fingerprint density at radius 2 is 0.809 bits per heavy atom. The number of benzene rings is 5. The summed E-state index contributed by atoms with van der Waals surface area (Å²) >= 11 is 0. The van der Waals surface area contributed by atoms with E-state index < -0.39 is 96.5 Å². The van der Waals surface area contributed by atoms with Gasteiger partial charge in [0.2, 0.25) is 23.6 Å². The Hall–Kier alpha value is -10.3. The third-order valence-corrected chi connectivity index (χ3v) is 18.2. The lowest BCUT2D eigenvalue weighted by molar-refractivity contribution is -0.171. The number of carbonyl (C=O) groups excluding carboxylic acids is 12. The Balaban J connectivity index is 1.10. The number of anilines is 1. The molecule has 31 nitrogen and oxygen atoms in total. The molecule has 110 heavy (non-hydrogen) atoms. The lowest BCUT2D eigenvalue weighted by atomic mass is 9.92. The normalized spacial score (nSPS) is 14.0. The zero-order chi connectivity index (χ0) is 79.4. The molecule has 0 aromatic heterocycles. The molecule has 5 aromatic rings. The smallest absolute Gasteiger partial charge is 0.307 e. The van der Waals surface area contributed by atoms with Gasteiger partial charge in [0, 0.05) is 98.8 Å². The van der Waals surface area contributed by atoms with Crippen molar-refractivity contribution >= 4 is 87.5 Å². The molecule has 9 amide bonds. The molecule has 31 heteroatoms. The van der Waals surface area contributed by atoms with E-state index in [-0.39, 0.29) is 155 Å². The van der Waals surface area contributed by atoms with Gasteiger partial charge in [0.1, 0.15) is 18.1 Å². The molecule has 0 bridgehead atoms. The summed E-state index contributed by atoms with van der Waals surface area (Å²) in [7, 11) is 0. The van der Waals surface area contributed by atoms with Crippen LogP contribution in [0.2, 0.25) is 0 Å². The van der Waals surface area contributed by atoms with Crippen molar-refractivity contribution in [1.82, 2.24) is 40.9 Å². The van der Waals surface area contributed by atoms with Crippen molar-refractivity contribution in [2.45, 2.75) is 123 Å². The predicted molar refractivity (Wildman–Crippen MR) is 398 cm³/mol. The Labute approximate surface area is 639 Å². The van der Waals surface area contributed by atoms with Gasteiger partial charge >= 0.3 is 17.9 Å². The number of hydrogen-bond donors (Lipinski definition) is 6. The number of nitrogens with zero attached hydrogens (tertiary/aromatic N) is 6. The number of amides is 9. The number of piperazine rings is 1. The van der Waals surface area contributed by atoms with Gasteiger partial charge in [-0.25, -0.2) is 15.2 Å². The van der Waals surface area contributed by atoms with E-state index in [1.54, 1.807) is 135 Å². The first kappa shape index (κ1) is 87.0. The Morgan fingerprint density at radius 1 is 0.445 bits per heavy atom. The fraction of sp³-hybridized carbons (Fsp3) is 0.494. The maximum atomic E-state index is 14.1. The van der Waals surface area contributed by atoms with Gasteiger partial charge in [-0.3, -0.25) is 78.1 Å². The zero-order valence-electron chi connectivity index (χ0n) is 63.0. The number of hydrogen-bond acceptors (Lipinski definition) is 23. The summed E-state index contributed by atoms with van der Waals surface area (Å²) < 4.78 is 40.0. The summed E-state index contributed by atoms with van der Waals surface area (Å²) in [6, 6.07) is 31.2. The Kier molecular flexibility index (Phi) is 36.1. The monoisotopic (exact) mass is 1530 g/mol. The zero-order valence-corrected chi connectivity index (χ0v) is 63.0. The number of hydroxylamine groups is 6. The van der Waals surface area contributed by atoms with Crippen molar-refractivity contribution in [3.63, 3.8) is 0 Å². The molecular formula is C79H103N9O22. The third-order valence-electron chi connectivity index (χ3n) is 18.2. The molecule has 2 aliphatic rings. The van der Waals surface area contributed by atoms with Crippen molar-refractivity contribution in [3.05, 3.63) is 149 Å².